The van der Waals surface area contributed by atoms with Gasteiger partial charge in [-0.25, -0.2) is 0 Å². The van der Waals surface area contributed by atoms with Crippen molar-refractivity contribution in [3.8, 4) is 0 Å². The highest BCUT2D eigenvalue weighted by molar-refractivity contribution is 5.82. The van der Waals surface area contributed by atoms with Crippen LogP contribution in [0.5, 0.6) is 0 Å². The molecule has 2 unspecified atom stereocenters. The molecule has 2 aliphatic rings. The van der Waals surface area contributed by atoms with Gasteiger partial charge in [-0.3, -0.25) is 4.79 Å². The van der Waals surface area contributed by atoms with Gasteiger partial charge < -0.3 is 10.4 Å². The van der Waals surface area contributed by atoms with E-state index in [1.54, 1.807) is 0 Å². The average Bonchev–Trinajstić information content (AvgIpc) is 2.69. The molecule has 3 nitrogen and oxygen atoms in total. The zero-order valence-corrected chi connectivity index (χ0v) is 9.73. The third-order valence-corrected chi connectivity index (χ3v) is 4.26. The summed E-state index contributed by atoms with van der Waals surface area (Å²) in [7, 11) is 0. The molecule has 2 aliphatic heterocycles. The fourth-order valence-electron chi connectivity index (χ4n) is 3.44. The summed E-state index contributed by atoms with van der Waals surface area (Å²) in [5, 5.41) is 13.2. The molecule has 2 atom stereocenters. The van der Waals surface area contributed by atoms with Crippen LogP contribution >= 0.6 is 0 Å². The number of hydrogen-bond acceptors (Lipinski definition) is 2. The highest BCUT2D eigenvalue weighted by Gasteiger charge is 2.49. The Morgan fingerprint density at radius 2 is 1.76 bits per heavy atom. The lowest BCUT2D eigenvalue weighted by atomic mass is 9.70. The van der Waals surface area contributed by atoms with Crippen LogP contribution in [0.2, 0.25) is 0 Å². The third-order valence-electron chi connectivity index (χ3n) is 4.26. The molecular formula is C14H17NO2. The second-order valence-corrected chi connectivity index (χ2v) is 5.30. The number of carbonyl (C=O) groups is 1. The number of carboxylic acids is 1. The van der Waals surface area contributed by atoms with Crippen molar-refractivity contribution in [1.82, 2.24) is 5.32 Å². The molecule has 3 heteroatoms. The highest BCUT2D eigenvalue weighted by Crippen LogP contribution is 2.42. The first-order chi connectivity index (χ1) is 8.21. The zero-order chi connectivity index (χ0) is 11.9. The maximum absolute atomic E-state index is 11.8. The Morgan fingerprint density at radius 1 is 1.18 bits per heavy atom. The average molecular weight is 231 g/mol. The van der Waals surface area contributed by atoms with E-state index in [-0.39, 0.29) is 0 Å². The summed E-state index contributed by atoms with van der Waals surface area (Å²) < 4.78 is 0. The van der Waals surface area contributed by atoms with Gasteiger partial charge in [0, 0.05) is 12.1 Å². The Labute approximate surface area is 101 Å². The van der Waals surface area contributed by atoms with Gasteiger partial charge in [-0.05, 0) is 31.2 Å². The van der Waals surface area contributed by atoms with Gasteiger partial charge in [0.15, 0.2) is 0 Å². The summed E-state index contributed by atoms with van der Waals surface area (Å²) in [6, 6.07) is 10.5. The Hall–Kier alpha value is -1.35. The minimum atomic E-state index is -0.668. The monoisotopic (exact) mass is 231 g/mol. The Morgan fingerprint density at radius 3 is 2.29 bits per heavy atom. The first kappa shape index (κ1) is 10.8. The quantitative estimate of drug-likeness (QED) is 0.817. The number of benzene rings is 1. The zero-order valence-electron chi connectivity index (χ0n) is 9.73. The van der Waals surface area contributed by atoms with E-state index in [1.165, 1.54) is 0 Å². The summed E-state index contributed by atoms with van der Waals surface area (Å²) in [4.78, 5) is 11.8. The van der Waals surface area contributed by atoms with Crippen molar-refractivity contribution in [2.75, 3.05) is 0 Å². The first-order valence-electron chi connectivity index (χ1n) is 6.26. The molecular weight excluding hydrogens is 214 g/mol. The van der Waals surface area contributed by atoms with E-state index in [0.29, 0.717) is 12.1 Å². The molecule has 0 spiro atoms. The number of piperidine rings is 1. The molecule has 2 saturated heterocycles. The molecule has 2 fully saturated rings. The van der Waals surface area contributed by atoms with Gasteiger partial charge in [-0.2, -0.15) is 0 Å². The van der Waals surface area contributed by atoms with E-state index >= 15 is 0 Å². The number of aliphatic carboxylic acids is 1. The molecule has 1 aromatic rings. The van der Waals surface area contributed by atoms with Crippen LogP contribution in [0.1, 0.15) is 31.2 Å². The van der Waals surface area contributed by atoms with Gasteiger partial charge in [0.25, 0.3) is 0 Å². The summed E-state index contributed by atoms with van der Waals surface area (Å²) in [5.74, 6) is -0.665. The molecule has 17 heavy (non-hydrogen) atoms. The van der Waals surface area contributed by atoms with Gasteiger partial charge >= 0.3 is 5.97 Å². The lowest BCUT2D eigenvalue weighted by molar-refractivity contribution is -0.145. The number of nitrogens with one attached hydrogen (secondary N) is 1. The predicted molar refractivity (Wildman–Crippen MR) is 64.9 cm³/mol. The van der Waals surface area contributed by atoms with Gasteiger partial charge in [0.1, 0.15) is 0 Å². The molecule has 0 radical (unpaired) electrons. The van der Waals surface area contributed by atoms with E-state index in [4.69, 9.17) is 0 Å². The fraction of sp³-hybridized carbons (Fsp3) is 0.500. The van der Waals surface area contributed by atoms with E-state index in [0.717, 1.165) is 31.2 Å². The van der Waals surface area contributed by atoms with Crippen LogP contribution in [0, 0.1) is 0 Å². The molecule has 0 aliphatic carbocycles. The molecule has 0 aromatic heterocycles. The summed E-state index contributed by atoms with van der Waals surface area (Å²) in [6.45, 7) is 0. The predicted octanol–water partition coefficient (Wildman–Crippen LogP) is 1.92. The summed E-state index contributed by atoms with van der Waals surface area (Å²) >= 11 is 0. The van der Waals surface area contributed by atoms with E-state index < -0.39 is 11.4 Å². The van der Waals surface area contributed by atoms with Crippen LogP contribution in [0.15, 0.2) is 30.3 Å². The van der Waals surface area contributed by atoms with Crippen LogP contribution in [-0.4, -0.2) is 23.2 Å². The number of rotatable bonds is 2. The molecule has 1 aromatic carbocycles. The Bertz CT molecular complexity index is 417. The minimum Gasteiger partial charge on any atom is -0.481 e. The van der Waals surface area contributed by atoms with Crippen molar-refractivity contribution in [3.05, 3.63) is 35.9 Å². The van der Waals surface area contributed by atoms with Gasteiger partial charge in [-0.15, -0.1) is 0 Å². The fourth-order valence-corrected chi connectivity index (χ4v) is 3.44. The van der Waals surface area contributed by atoms with Gasteiger partial charge in [0.2, 0.25) is 0 Å². The normalized spacial score (nSPS) is 35.8. The molecule has 0 amide bonds. The van der Waals surface area contributed by atoms with Crippen LogP contribution in [0.4, 0.5) is 0 Å². The van der Waals surface area contributed by atoms with Gasteiger partial charge in [-0.1, -0.05) is 30.3 Å². The van der Waals surface area contributed by atoms with E-state index in [9.17, 15) is 9.90 Å². The summed E-state index contributed by atoms with van der Waals surface area (Å²) in [6.07, 6.45) is 3.69. The SMILES string of the molecule is O=C(O)C1(c2ccccc2)CC2CCC(C1)N2. The van der Waals surface area contributed by atoms with Crippen molar-refractivity contribution < 1.29 is 9.90 Å². The molecule has 2 bridgehead atoms. The van der Waals surface area contributed by atoms with Crippen LogP contribution in [-0.2, 0) is 10.2 Å². The highest BCUT2D eigenvalue weighted by atomic mass is 16.4. The smallest absolute Gasteiger partial charge is 0.314 e. The second kappa shape index (κ2) is 3.84. The standard InChI is InChI=1S/C14H17NO2/c16-13(17)14(10-4-2-1-3-5-10)8-11-6-7-12(9-14)15-11/h1-5,11-12,15H,6-9H2,(H,16,17). The van der Waals surface area contributed by atoms with Crippen molar-refractivity contribution >= 4 is 5.97 Å². The van der Waals surface area contributed by atoms with E-state index in [2.05, 4.69) is 5.32 Å². The van der Waals surface area contributed by atoms with E-state index in [1.807, 2.05) is 30.3 Å². The Balaban J connectivity index is 2.02. The van der Waals surface area contributed by atoms with Crippen molar-refractivity contribution in [3.63, 3.8) is 0 Å². The maximum Gasteiger partial charge on any atom is 0.314 e. The minimum absolute atomic E-state index is 0.380. The summed E-state index contributed by atoms with van der Waals surface area (Å²) in [5.41, 5.74) is 0.295. The third kappa shape index (κ3) is 1.65. The lowest BCUT2D eigenvalue weighted by Crippen LogP contribution is -2.50. The second-order valence-electron chi connectivity index (χ2n) is 5.30. The van der Waals surface area contributed by atoms with Crippen molar-refractivity contribution in [1.29, 1.82) is 0 Å². The topological polar surface area (TPSA) is 49.3 Å². The molecule has 3 rings (SSSR count). The largest absolute Gasteiger partial charge is 0.481 e. The molecule has 2 N–H and O–H groups in total. The van der Waals surface area contributed by atoms with Crippen LogP contribution < -0.4 is 5.32 Å². The number of fused-ring (bicyclic) bond motifs is 2. The van der Waals surface area contributed by atoms with Crippen LogP contribution in [0.3, 0.4) is 0 Å². The first-order valence-corrected chi connectivity index (χ1v) is 6.26. The van der Waals surface area contributed by atoms with Crippen molar-refractivity contribution in [2.24, 2.45) is 0 Å². The lowest BCUT2D eigenvalue weighted by Gasteiger charge is -2.38. The molecule has 0 saturated carbocycles. The number of hydrogen-bond donors (Lipinski definition) is 2. The Kier molecular flexibility index (Phi) is 2.44. The van der Waals surface area contributed by atoms with Gasteiger partial charge in [0.05, 0.1) is 5.41 Å². The number of carboxylic acid groups (broad SMARTS) is 1. The van der Waals surface area contributed by atoms with Crippen LogP contribution in [0.25, 0.3) is 0 Å². The molecule has 2 heterocycles. The molecule has 90 valence electrons. The maximum atomic E-state index is 11.8. The van der Waals surface area contributed by atoms with Crippen molar-refractivity contribution in [2.45, 2.75) is 43.2 Å².